The lowest BCUT2D eigenvalue weighted by Crippen LogP contribution is -2.23. The number of rotatable bonds is 9. The average molecular weight is 150 g/mol. The van der Waals surface area contributed by atoms with Crippen molar-refractivity contribution in [1.82, 2.24) is 0 Å². The summed E-state index contributed by atoms with van der Waals surface area (Å²) in [6, 6.07) is 0. The van der Waals surface area contributed by atoms with Crippen molar-refractivity contribution in [2.75, 3.05) is 0 Å². The molecule has 0 aromatic rings. The predicted octanol–water partition coefficient (Wildman–Crippen LogP) is -4.60. The van der Waals surface area contributed by atoms with Crippen LogP contribution < -0.4 is 0 Å². The molecule has 0 N–H and O–H groups in total. The number of hydrogen-bond acceptors (Lipinski definition) is 0. The van der Waals surface area contributed by atoms with E-state index in [1.165, 1.54) is 69.5 Å². The molecule has 9 heteroatoms. The van der Waals surface area contributed by atoms with Gasteiger partial charge in [0.2, 0.25) is 0 Å². The van der Waals surface area contributed by atoms with Gasteiger partial charge >= 0.3 is 0 Å². The molecule has 0 saturated heterocycles. The summed E-state index contributed by atoms with van der Waals surface area (Å²) in [5.41, 5.74) is 0. The highest BCUT2D eigenvalue weighted by Gasteiger charge is 1.97. The molecule has 0 heterocycles. The number of hydrogen-bond donors (Lipinski definition) is 0. The molecule has 0 saturated carbocycles. The van der Waals surface area contributed by atoms with Gasteiger partial charge in [-0.3, -0.25) is 0 Å². The van der Waals surface area contributed by atoms with Crippen LogP contribution in [0.3, 0.4) is 0 Å². The highest BCUT2D eigenvalue weighted by atomic mass is 13.2. The van der Waals surface area contributed by atoms with Crippen LogP contribution in [0.15, 0.2) is 0 Å². The fourth-order valence-corrected chi connectivity index (χ4v) is 1.56. The second-order valence-electron chi connectivity index (χ2n) is 3.83. The van der Waals surface area contributed by atoms with Crippen molar-refractivity contribution in [3.05, 3.63) is 0 Å². The quantitative estimate of drug-likeness (QED) is 0.229. The fraction of sp³-hybridized carbons (Fsp3) is 1.00. The van der Waals surface area contributed by atoms with Crippen molar-refractivity contribution < 1.29 is 0 Å². The van der Waals surface area contributed by atoms with Crippen molar-refractivity contribution in [1.29, 1.82) is 0 Å². The lowest BCUT2D eigenvalue weighted by Gasteiger charge is -1.92. The Balaban J connectivity index is 2.73. The molecule has 0 aliphatic rings. The lowest BCUT2D eigenvalue weighted by atomic mass is 9.02. The zero-order valence-electron chi connectivity index (χ0n) is 9.07. The minimum Gasteiger partial charge on any atom is -0.115 e. The zero-order valence-corrected chi connectivity index (χ0v) is 9.07. The van der Waals surface area contributed by atoms with E-state index in [0.717, 1.165) is 0 Å². The molecule has 0 aromatic heterocycles. The Morgan fingerprint density at radius 1 is 0.917 bits per heavy atom. The van der Waals surface area contributed by atoms with Gasteiger partial charge in [0.15, 0.2) is 0 Å². The van der Waals surface area contributed by atoms with Gasteiger partial charge in [0.25, 0.3) is 0 Å². The Labute approximate surface area is 84.4 Å². The maximum absolute atomic E-state index is 2.28. The van der Waals surface area contributed by atoms with Crippen LogP contribution in [0.5, 0.6) is 0 Å². The molecule has 12 heavy (non-hydrogen) atoms. The van der Waals surface area contributed by atoms with Crippen LogP contribution in [0.1, 0.15) is 0 Å². The highest BCUT2D eigenvalue weighted by molar-refractivity contribution is 7.47. The summed E-state index contributed by atoms with van der Waals surface area (Å²) in [6.07, 6.45) is 2.91. The summed E-state index contributed by atoms with van der Waals surface area (Å²) in [5, 5.41) is 0. The third kappa shape index (κ3) is 10.6. The van der Waals surface area contributed by atoms with Crippen LogP contribution in [0, 0.1) is 0 Å². The Hall–Kier alpha value is 0.584. The molecule has 0 aliphatic heterocycles. The van der Waals surface area contributed by atoms with Gasteiger partial charge in [0.1, 0.15) is 7.28 Å². The first-order chi connectivity index (χ1) is 5.91. The standard InChI is InChI=1S/C3H17B9/c1-5-2-6-11-12-8-3-7-10-9-4/h5-12H,2-4H2,1H3. The van der Waals surface area contributed by atoms with E-state index in [1.54, 1.807) is 0 Å². The first kappa shape index (κ1) is 12.6. The summed E-state index contributed by atoms with van der Waals surface area (Å²) in [4.78, 5) is 0. The molecule has 0 aliphatic carbocycles. The molecule has 0 amide bonds. The molecular formula is C3H17B9. The minimum absolute atomic E-state index is 1.37. The maximum Gasteiger partial charge on any atom is 0.109 e. The van der Waals surface area contributed by atoms with Gasteiger partial charge in [-0.1, -0.05) is 6.82 Å². The van der Waals surface area contributed by atoms with Crippen molar-refractivity contribution in [2.24, 2.45) is 0 Å². The van der Waals surface area contributed by atoms with E-state index in [0.29, 0.717) is 0 Å². The van der Waals surface area contributed by atoms with Gasteiger partial charge in [0, 0.05) is 28.2 Å². The van der Waals surface area contributed by atoms with Crippen LogP contribution in [-0.4, -0.2) is 64.8 Å². The van der Waals surface area contributed by atoms with Crippen LogP contribution in [0.25, 0.3) is 0 Å². The Bertz CT molecular complexity index is 66.2. The molecular weight excluding hydrogens is 133 g/mol. The van der Waals surface area contributed by atoms with E-state index in [9.17, 15) is 0 Å². The van der Waals surface area contributed by atoms with Gasteiger partial charge < -0.3 is 0 Å². The highest BCUT2D eigenvalue weighted by Crippen LogP contribution is 1.74. The summed E-state index contributed by atoms with van der Waals surface area (Å²) in [5.74, 6) is 0. The third-order valence-corrected chi connectivity index (χ3v) is 2.46. The second kappa shape index (κ2) is 11.6. The Morgan fingerprint density at radius 2 is 1.50 bits per heavy atom. The average Bonchev–Trinajstić information content (AvgIpc) is 2.10. The van der Waals surface area contributed by atoms with Crippen LogP contribution in [0.2, 0.25) is 19.3 Å². The molecule has 0 nitrogen and oxygen atoms in total. The van der Waals surface area contributed by atoms with Crippen molar-refractivity contribution in [2.45, 2.75) is 19.3 Å². The molecule has 0 atom stereocenters. The molecule has 0 spiro atoms. The molecule has 0 bridgehead atoms. The van der Waals surface area contributed by atoms with E-state index < -0.39 is 0 Å². The monoisotopic (exact) mass is 152 g/mol. The third-order valence-electron chi connectivity index (χ3n) is 2.46. The molecule has 0 rings (SSSR count). The molecule has 0 aromatic carbocycles. The lowest BCUT2D eigenvalue weighted by molar-refractivity contribution is 1.98. The van der Waals surface area contributed by atoms with Crippen molar-refractivity contribution in [3.63, 3.8) is 0 Å². The summed E-state index contributed by atoms with van der Waals surface area (Å²) < 4.78 is 0. The maximum atomic E-state index is 2.28. The summed E-state index contributed by atoms with van der Waals surface area (Å²) in [6.45, 7) is 2.28. The molecule has 0 radical (unpaired) electrons. The van der Waals surface area contributed by atoms with E-state index in [1.807, 2.05) is 0 Å². The first-order valence-electron chi connectivity index (χ1n) is 5.91. The topological polar surface area (TPSA) is 0 Å². The largest absolute Gasteiger partial charge is 0.115 e. The SMILES string of the molecule is BBBBCBBBBCBC. The molecule has 0 unspecified atom stereocenters. The smallest absolute Gasteiger partial charge is 0.109 e. The van der Waals surface area contributed by atoms with Gasteiger partial charge in [-0.05, 0) is 0 Å². The minimum atomic E-state index is 1.37. The van der Waals surface area contributed by atoms with Crippen molar-refractivity contribution in [3.8, 4) is 0 Å². The van der Waals surface area contributed by atoms with Gasteiger partial charge in [-0.2, -0.15) is 0 Å². The van der Waals surface area contributed by atoms with E-state index in [2.05, 4.69) is 14.6 Å². The van der Waals surface area contributed by atoms with Crippen LogP contribution in [0.4, 0.5) is 0 Å². The van der Waals surface area contributed by atoms with E-state index in [-0.39, 0.29) is 0 Å². The molecule has 0 fully saturated rings. The van der Waals surface area contributed by atoms with Gasteiger partial charge in [-0.15, -0.1) is 12.4 Å². The normalized spacial score (nSPS) is 7.75. The predicted molar refractivity (Wildman–Crippen MR) is 81.2 cm³/mol. The van der Waals surface area contributed by atoms with Crippen LogP contribution in [-0.2, 0) is 0 Å². The van der Waals surface area contributed by atoms with Crippen molar-refractivity contribution >= 4 is 64.8 Å². The van der Waals surface area contributed by atoms with Gasteiger partial charge in [-0.25, -0.2) is 0 Å². The first-order valence-corrected chi connectivity index (χ1v) is 5.91. The summed E-state index contributed by atoms with van der Waals surface area (Å²) >= 11 is 0. The zero-order chi connectivity index (χ0) is 9.07. The van der Waals surface area contributed by atoms with E-state index >= 15 is 0 Å². The van der Waals surface area contributed by atoms with Crippen LogP contribution >= 0.6 is 0 Å². The van der Waals surface area contributed by atoms with E-state index in [4.69, 9.17) is 0 Å². The molecule has 56 valence electrons. The Morgan fingerprint density at radius 3 is 2.08 bits per heavy atom. The Kier molecular flexibility index (Phi) is 12.1. The fourth-order valence-electron chi connectivity index (χ4n) is 1.56. The summed E-state index contributed by atoms with van der Waals surface area (Å²) in [7, 11) is 13.8. The van der Waals surface area contributed by atoms with Gasteiger partial charge in [0.05, 0.1) is 29.2 Å². The second-order valence-corrected chi connectivity index (χ2v) is 3.83.